The van der Waals surface area contributed by atoms with Crippen LogP contribution >= 0.6 is 0 Å². The van der Waals surface area contributed by atoms with Crippen LogP contribution in [-0.2, 0) is 11.3 Å². The molecule has 0 radical (unpaired) electrons. The summed E-state index contributed by atoms with van der Waals surface area (Å²) in [5.41, 5.74) is 2.84. The highest BCUT2D eigenvalue weighted by Crippen LogP contribution is 2.39. The predicted molar refractivity (Wildman–Crippen MR) is 117 cm³/mol. The van der Waals surface area contributed by atoms with Crippen molar-refractivity contribution in [2.75, 3.05) is 21.3 Å². The smallest absolute Gasteiger partial charge is 0.339 e. The Morgan fingerprint density at radius 2 is 1.50 bits per heavy atom. The fourth-order valence-electron chi connectivity index (χ4n) is 3.40. The molecule has 1 heterocycles. The number of hydrogen-bond acceptors (Lipinski definition) is 6. The molecule has 4 aromatic rings. The summed E-state index contributed by atoms with van der Waals surface area (Å²) in [6.07, 6.45) is 1.56. The van der Waals surface area contributed by atoms with Gasteiger partial charge in [0.25, 0.3) is 0 Å². The number of benzene rings is 3. The summed E-state index contributed by atoms with van der Waals surface area (Å²) in [5, 5.41) is 0.574. The van der Waals surface area contributed by atoms with E-state index < -0.39 is 5.97 Å². The first-order valence-electron chi connectivity index (χ1n) is 9.76. The van der Waals surface area contributed by atoms with Crippen LogP contribution < -0.4 is 14.2 Å². The Bertz CT molecular complexity index is 1240. The maximum absolute atomic E-state index is 13.1. The molecule has 0 saturated heterocycles. The standard InChI is InChI=1S/C25H21FO6/c1-28-18-8-16(9-19(10-18)29-2)22-14-31-23-12-20(30-3)11-21(24(22)23)25(27)32-13-15-4-6-17(26)7-5-15/h4-12,14H,13H2,1-3H3. The molecule has 0 aliphatic heterocycles. The second kappa shape index (κ2) is 9.01. The average molecular weight is 436 g/mol. The Morgan fingerprint density at radius 3 is 2.12 bits per heavy atom. The van der Waals surface area contributed by atoms with E-state index in [1.54, 1.807) is 50.8 Å². The molecule has 0 saturated carbocycles. The van der Waals surface area contributed by atoms with Gasteiger partial charge in [0.2, 0.25) is 0 Å². The molecule has 1 aromatic heterocycles. The second-order valence-electron chi connectivity index (χ2n) is 7.00. The number of esters is 1. The van der Waals surface area contributed by atoms with Crippen molar-refractivity contribution in [3.8, 4) is 28.4 Å². The van der Waals surface area contributed by atoms with Gasteiger partial charge in [-0.1, -0.05) is 12.1 Å². The van der Waals surface area contributed by atoms with Gasteiger partial charge in [0.15, 0.2) is 0 Å². The molecule has 164 valence electrons. The largest absolute Gasteiger partial charge is 0.497 e. The Balaban J connectivity index is 1.77. The van der Waals surface area contributed by atoms with Crippen LogP contribution in [0, 0.1) is 5.82 Å². The number of furan rings is 1. The van der Waals surface area contributed by atoms with Crippen LogP contribution in [0.2, 0.25) is 0 Å². The van der Waals surface area contributed by atoms with Gasteiger partial charge in [-0.2, -0.15) is 0 Å². The summed E-state index contributed by atoms with van der Waals surface area (Å²) < 4.78 is 40.5. The number of fused-ring (bicyclic) bond motifs is 1. The second-order valence-corrected chi connectivity index (χ2v) is 7.00. The summed E-state index contributed by atoms with van der Waals surface area (Å²) in [7, 11) is 4.63. The van der Waals surface area contributed by atoms with Gasteiger partial charge in [-0.3, -0.25) is 0 Å². The van der Waals surface area contributed by atoms with Gasteiger partial charge in [0, 0.05) is 23.1 Å². The van der Waals surface area contributed by atoms with Crippen LogP contribution in [0.3, 0.4) is 0 Å². The zero-order valence-electron chi connectivity index (χ0n) is 17.8. The Hall–Kier alpha value is -4.00. The Morgan fingerprint density at radius 1 is 0.875 bits per heavy atom. The number of carbonyl (C=O) groups is 1. The van der Waals surface area contributed by atoms with Gasteiger partial charge in [-0.15, -0.1) is 0 Å². The molecule has 6 nitrogen and oxygen atoms in total. The van der Waals surface area contributed by atoms with Gasteiger partial charge in [-0.05, 0) is 41.5 Å². The normalized spacial score (nSPS) is 10.8. The van der Waals surface area contributed by atoms with Gasteiger partial charge < -0.3 is 23.4 Å². The van der Waals surface area contributed by atoms with Gasteiger partial charge in [0.05, 0.1) is 33.2 Å². The summed E-state index contributed by atoms with van der Waals surface area (Å²) in [4.78, 5) is 13.1. The first-order chi connectivity index (χ1) is 15.5. The highest BCUT2D eigenvalue weighted by molar-refractivity contribution is 6.10. The lowest BCUT2D eigenvalue weighted by atomic mass is 10.00. The van der Waals surface area contributed by atoms with E-state index in [4.69, 9.17) is 23.4 Å². The monoisotopic (exact) mass is 436 g/mol. The topological polar surface area (TPSA) is 67.1 Å². The number of rotatable bonds is 7. The molecule has 7 heteroatoms. The first-order valence-corrected chi connectivity index (χ1v) is 9.76. The molecule has 0 bridgehead atoms. The van der Waals surface area contributed by atoms with Crippen molar-refractivity contribution in [2.24, 2.45) is 0 Å². The minimum atomic E-state index is -0.560. The molecule has 0 atom stereocenters. The molecule has 32 heavy (non-hydrogen) atoms. The SMILES string of the molecule is COc1cc(OC)cc(-c2coc3cc(OC)cc(C(=O)OCc4ccc(F)cc4)c23)c1. The number of halogens is 1. The fourth-order valence-corrected chi connectivity index (χ4v) is 3.40. The Labute approximate surface area is 184 Å². The van der Waals surface area contributed by atoms with Crippen molar-refractivity contribution in [3.63, 3.8) is 0 Å². The fraction of sp³-hybridized carbons (Fsp3) is 0.160. The van der Waals surface area contributed by atoms with E-state index in [9.17, 15) is 9.18 Å². The number of hydrogen-bond donors (Lipinski definition) is 0. The Kier molecular flexibility index (Phi) is 5.98. The van der Waals surface area contributed by atoms with E-state index in [0.717, 1.165) is 5.56 Å². The highest BCUT2D eigenvalue weighted by Gasteiger charge is 2.21. The van der Waals surface area contributed by atoms with Gasteiger partial charge in [0.1, 0.15) is 35.3 Å². The van der Waals surface area contributed by atoms with Crippen LogP contribution in [-0.4, -0.2) is 27.3 Å². The molecule has 4 rings (SSSR count). The van der Waals surface area contributed by atoms with Crippen molar-refractivity contribution < 1.29 is 32.5 Å². The van der Waals surface area contributed by atoms with Crippen molar-refractivity contribution >= 4 is 16.9 Å². The van der Waals surface area contributed by atoms with E-state index in [-0.39, 0.29) is 18.0 Å². The van der Waals surface area contributed by atoms with Gasteiger partial charge >= 0.3 is 5.97 Å². The summed E-state index contributed by atoms with van der Waals surface area (Å²) in [5.74, 6) is 0.739. The molecule has 0 aliphatic carbocycles. The lowest BCUT2D eigenvalue weighted by Crippen LogP contribution is -2.06. The average Bonchev–Trinajstić information content (AvgIpc) is 3.26. The minimum absolute atomic E-state index is 0.00200. The van der Waals surface area contributed by atoms with E-state index in [2.05, 4.69) is 0 Å². The van der Waals surface area contributed by atoms with Crippen LogP contribution in [0.5, 0.6) is 17.2 Å². The zero-order valence-corrected chi connectivity index (χ0v) is 17.8. The van der Waals surface area contributed by atoms with Crippen LogP contribution in [0.4, 0.5) is 4.39 Å². The zero-order chi connectivity index (χ0) is 22.7. The van der Waals surface area contributed by atoms with E-state index in [0.29, 0.717) is 39.3 Å². The quantitative estimate of drug-likeness (QED) is 0.350. The third-order valence-corrected chi connectivity index (χ3v) is 5.05. The maximum atomic E-state index is 13.1. The molecule has 0 amide bonds. The summed E-state index contributed by atoms with van der Waals surface area (Å²) in [6, 6.07) is 14.5. The molecular formula is C25H21FO6. The van der Waals surface area contributed by atoms with Crippen LogP contribution in [0.25, 0.3) is 22.1 Å². The molecule has 0 fully saturated rings. The van der Waals surface area contributed by atoms with E-state index in [1.165, 1.54) is 19.2 Å². The number of methoxy groups -OCH3 is 3. The third-order valence-electron chi connectivity index (χ3n) is 5.05. The van der Waals surface area contributed by atoms with E-state index in [1.807, 2.05) is 12.1 Å². The highest BCUT2D eigenvalue weighted by atomic mass is 19.1. The molecule has 0 aliphatic rings. The van der Waals surface area contributed by atoms with E-state index >= 15 is 0 Å². The van der Waals surface area contributed by atoms with Crippen molar-refractivity contribution in [1.29, 1.82) is 0 Å². The minimum Gasteiger partial charge on any atom is -0.497 e. The first kappa shape index (κ1) is 21.2. The van der Waals surface area contributed by atoms with Gasteiger partial charge in [-0.25, -0.2) is 9.18 Å². The third kappa shape index (κ3) is 4.23. The molecule has 0 spiro atoms. The lowest BCUT2D eigenvalue weighted by Gasteiger charge is -2.11. The van der Waals surface area contributed by atoms with Crippen molar-refractivity contribution in [3.05, 3.63) is 77.8 Å². The van der Waals surface area contributed by atoms with Crippen molar-refractivity contribution in [1.82, 2.24) is 0 Å². The summed E-state index contributed by atoms with van der Waals surface area (Å²) in [6.45, 7) is -0.00200. The number of ether oxygens (including phenoxy) is 4. The molecule has 3 aromatic carbocycles. The summed E-state index contributed by atoms with van der Waals surface area (Å²) >= 11 is 0. The van der Waals surface area contributed by atoms with Crippen LogP contribution in [0.1, 0.15) is 15.9 Å². The van der Waals surface area contributed by atoms with Crippen molar-refractivity contribution in [2.45, 2.75) is 6.61 Å². The number of carbonyl (C=O) groups excluding carboxylic acids is 1. The molecule has 0 unspecified atom stereocenters. The maximum Gasteiger partial charge on any atom is 0.339 e. The molecule has 0 N–H and O–H groups in total. The van der Waals surface area contributed by atoms with Crippen LogP contribution in [0.15, 0.2) is 65.3 Å². The molecular weight excluding hydrogens is 415 g/mol. The predicted octanol–water partition coefficient (Wildman–Crippen LogP) is 5.62. The lowest BCUT2D eigenvalue weighted by molar-refractivity contribution is 0.0474.